The van der Waals surface area contributed by atoms with Crippen LogP contribution in [0.2, 0.25) is 0 Å². The lowest BCUT2D eigenvalue weighted by molar-refractivity contribution is 0.270. The number of piperazine rings is 1. The molecule has 7 heteroatoms. The van der Waals surface area contributed by atoms with Crippen LogP contribution < -0.4 is 10.6 Å². The predicted molar refractivity (Wildman–Crippen MR) is 95.4 cm³/mol. The maximum Gasteiger partial charge on any atom is 0.167 e. The molecule has 1 aromatic carbocycles. The van der Waals surface area contributed by atoms with Crippen LogP contribution in [-0.2, 0) is 0 Å². The molecule has 0 spiro atoms. The molecule has 2 N–H and O–H groups in total. The first-order valence-electron chi connectivity index (χ1n) is 8.28. The quantitative estimate of drug-likeness (QED) is 0.788. The van der Waals surface area contributed by atoms with Gasteiger partial charge in [-0.2, -0.15) is 0 Å². The number of fused-ring (bicyclic) bond motifs is 1. The van der Waals surface area contributed by atoms with Gasteiger partial charge >= 0.3 is 0 Å². The minimum Gasteiger partial charge on any atom is -0.393 e. The summed E-state index contributed by atoms with van der Waals surface area (Å²) in [6.07, 6.45) is 3.35. The number of hydrogen-bond donors (Lipinski definition) is 1. The van der Waals surface area contributed by atoms with E-state index in [2.05, 4.69) is 31.7 Å². The highest BCUT2D eigenvalue weighted by atomic mass is 15.3. The molecule has 3 heterocycles. The van der Waals surface area contributed by atoms with Crippen molar-refractivity contribution in [3.8, 4) is 5.82 Å². The van der Waals surface area contributed by atoms with Crippen LogP contribution in [0.25, 0.3) is 16.9 Å². The van der Waals surface area contributed by atoms with Crippen molar-refractivity contribution in [3.63, 3.8) is 0 Å². The lowest BCUT2D eigenvalue weighted by atomic mass is 10.3. The minimum absolute atomic E-state index is 0.602. The molecule has 0 amide bonds. The topological polar surface area (TPSA) is 76.1 Å². The first-order chi connectivity index (χ1) is 11.8. The molecule has 24 heavy (non-hydrogen) atoms. The van der Waals surface area contributed by atoms with Gasteiger partial charge in [0.15, 0.2) is 11.6 Å². The number of nitrogen functional groups attached to an aromatic ring is 1. The van der Waals surface area contributed by atoms with Crippen molar-refractivity contribution >= 4 is 22.5 Å². The summed E-state index contributed by atoms with van der Waals surface area (Å²) >= 11 is 0. The second-order valence-electron chi connectivity index (χ2n) is 5.96. The van der Waals surface area contributed by atoms with E-state index in [9.17, 15) is 0 Å². The third-order valence-corrected chi connectivity index (χ3v) is 4.64. The number of nitrogens with zero attached hydrogens (tertiary/aromatic N) is 6. The Morgan fingerprint density at radius 1 is 1.00 bits per heavy atom. The predicted octanol–water partition coefficient (Wildman–Crippen LogP) is 1.54. The van der Waals surface area contributed by atoms with E-state index in [1.807, 2.05) is 28.8 Å². The molecule has 1 aliphatic rings. The molecular weight excluding hydrogens is 302 g/mol. The van der Waals surface area contributed by atoms with Gasteiger partial charge in [-0.3, -0.25) is 4.57 Å². The number of anilines is 2. The minimum atomic E-state index is 0.602. The van der Waals surface area contributed by atoms with Crippen LogP contribution in [0.5, 0.6) is 0 Å². The zero-order valence-electron chi connectivity index (χ0n) is 13.8. The van der Waals surface area contributed by atoms with Crippen LogP contribution in [0.15, 0.2) is 36.9 Å². The second-order valence-corrected chi connectivity index (χ2v) is 5.96. The SMILES string of the molecule is CCN1CCN(c2ncnc(-n3cnc4ccccc43)c2N)CC1. The van der Waals surface area contributed by atoms with Crippen molar-refractivity contribution in [3.05, 3.63) is 36.9 Å². The van der Waals surface area contributed by atoms with Crippen LogP contribution in [0.1, 0.15) is 6.92 Å². The molecule has 0 atom stereocenters. The summed E-state index contributed by atoms with van der Waals surface area (Å²) in [7, 11) is 0. The van der Waals surface area contributed by atoms with Crippen molar-refractivity contribution in [1.29, 1.82) is 0 Å². The molecule has 3 aromatic rings. The molecule has 0 aliphatic carbocycles. The molecule has 4 rings (SSSR count). The van der Waals surface area contributed by atoms with E-state index in [0.717, 1.165) is 49.6 Å². The van der Waals surface area contributed by atoms with Gasteiger partial charge < -0.3 is 15.5 Å². The largest absolute Gasteiger partial charge is 0.393 e. The first kappa shape index (κ1) is 14.9. The molecule has 2 aromatic heterocycles. The van der Waals surface area contributed by atoms with Gasteiger partial charge in [-0.15, -0.1) is 0 Å². The highest BCUT2D eigenvalue weighted by molar-refractivity contribution is 5.80. The van der Waals surface area contributed by atoms with Gasteiger partial charge in [0.25, 0.3) is 0 Å². The lowest BCUT2D eigenvalue weighted by Crippen LogP contribution is -2.46. The van der Waals surface area contributed by atoms with Crippen molar-refractivity contribution in [2.45, 2.75) is 6.92 Å². The van der Waals surface area contributed by atoms with Gasteiger partial charge in [0.1, 0.15) is 18.3 Å². The Hall–Kier alpha value is -2.67. The van der Waals surface area contributed by atoms with Gasteiger partial charge in [-0.1, -0.05) is 19.1 Å². The van der Waals surface area contributed by atoms with Gasteiger partial charge in [-0.25, -0.2) is 15.0 Å². The molecule has 0 unspecified atom stereocenters. The van der Waals surface area contributed by atoms with Gasteiger partial charge in [-0.05, 0) is 18.7 Å². The first-order valence-corrected chi connectivity index (χ1v) is 8.28. The average molecular weight is 323 g/mol. The molecule has 1 aliphatic heterocycles. The Morgan fingerprint density at radius 2 is 1.75 bits per heavy atom. The van der Waals surface area contributed by atoms with Crippen molar-refractivity contribution < 1.29 is 0 Å². The number of hydrogen-bond acceptors (Lipinski definition) is 6. The Balaban J connectivity index is 1.71. The molecular formula is C17H21N7. The van der Waals surface area contributed by atoms with Crippen molar-refractivity contribution in [2.75, 3.05) is 43.4 Å². The van der Waals surface area contributed by atoms with Crippen LogP contribution in [0.4, 0.5) is 11.5 Å². The number of benzene rings is 1. The number of nitrogens with two attached hydrogens (primary N) is 1. The summed E-state index contributed by atoms with van der Waals surface area (Å²) in [5, 5.41) is 0. The van der Waals surface area contributed by atoms with Gasteiger partial charge in [0.2, 0.25) is 0 Å². The van der Waals surface area contributed by atoms with E-state index >= 15 is 0 Å². The summed E-state index contributed by atoms with van der Waals surface area (Å²) in [6.45, 7) is 7.20. The number of imidazole rings is 1. The molecule has 1 fully saturated rings. The monoisotopic (exact) mass is 323 g/mol. The van der Waals surface area contributed by atoms with E-state index in [-0.39, 0.29) is 0 Å². The third kappa shape index (κ3) is 2.46. The molecule has 124 valence electrons. The van der Waals surface area contributed by atoms with Crippen LogP contribution >= 0.6 is 0 Å². The van der Waals surface area contributed by atoms with E-state index in [0.29, 0.717) is 11.5 Å². The van der Waals surface area contributed by atoms with Gasteiger partial charge in [0.05, 0.1) is 11.0 Å². The Bertz CT molecular complexity index is 849. The molecule has 7 nitrogen and oxygen atoms in total. The maximum absolute atomic E-state index is 6.43. The Kier molecular flexibility index (Phi) is 3.78. The van der Waals surface area contributed by atoms with Crippen LogP contribution in [0, 0.1) is 0 Å². The smallest absolute Gasteiger partial charge is 0.167 e. The average Bonchev–Trinajstić information content (AvgIpc) is 3.06. The number of aromatic nitrogens is 4. The molecule has 0 saturated carbocycles. The standard InChI is InChI=1S/C17H21N7/c1-2-22-7-9-23(10-8-22)16-15(18)17(20-11-19-16)24-12-21-13-5-3-4-6-14(13)24/h3-6,11-12H,2,7-10,18H2,1H3. The number of likely N-dealkylation sites (N-methyl/N-ethyl adjacent to an activating group) is 1. The van der Waals surface area contributed by atoms with Crippen molar-refractivity contribution in [2.24, 2.45) is 0 Å². The van der Waals surface area contributed by atoms with Crippen molar-refractivity contribution in [1.82, 2.24) is 24.4 Å². The van der Waals surface area contributed by atoms with Gasteiger partial charge in [0, 0.05) is 26.2 Å². The summed E-state index contributed by atoms with van der Waals surface area (Å²) in [6, 6.07) is 7.96. The lowest BCUT2D eigenvalue weighted by Gasteiger charge is -2.35. The second kappa shape index (κ2) is 6.09. The third-order valence-electron chi connectivity index (χ3n) is 4.64. The fourth-order valence-corrected chi connectivity index (χ4v) is 3.23. The maximum atomic E-state index is 6.43. The van der Waals surface area contributed by atoms with Crippen LogP contribution in [0.3, 0.4) is 0 Å². The highest BCUT2D eigenvalue weighted by Crippen LogP contribution is 2.28. The molecule has 0 radical (unpaired) electrons. The summed E-state index contributed by atoms with van der Waals surface area (Å²) in [5.74, 6) is 1.50. The van der Waals surface area contributed by atoms with E-state index < -0.39 is 0 Å². The van der Waals surface area contributed by atoms with E-state index in [1.54, 1.807) is 12.7 Å². The molecule has 1 saturated heterocycles. The normalized spacial score (nSPS) is 16.0. The fourth-order valence-electron chi connectivity index (χ4n) is 3.23. The number of rotatable bonds is 3. The summed E-state index contributed by atoms with van der Waals surface area (Å²) < 4.78 is 1.93. The fraction of sp³-hybridized carbons (Fsp3) is 0.353. The summed E-state index contributed by atoms with van der Waals surface area (Å²) in [5.41, 5.74) is 8.95. The van der Waals surface area contributed by atoms with E-state index in [4.69, 9.17) is 5.73 Å². The van der Waals surface area contributed by atoms with Crippen LogP contribution in [-0.4, -0.2) is 57.1 Å². The summed E-state index contributed by atoms with van der Waals surface area (Å²) in [4.78, 5) is 17.9. The van der Waals surface area contributed by atoms with E-state index in [1.165, 1.54) is 0 Å². The zero-order chi connectivity index (χ0) is 16.5. The molecule has 0 bridgehead atoms. The highest BCUT2D eigenvalue weighted by Gasteiger charge is 2.21. The zero-order valence-corrected chi connectivity index (χ0v) is 13.8. The number of para-hydroxylation sites is 2. The Labute approximate surface area is 140 Å². The Morgan fingerprint density at radius 3 is 2.54 bits per heavy atom.